The summed E-state index contributed by atoms with van der Waals surface area (Å²) in [7, 11) is 0. The molecule has 0 bridgehead atoms. The van der Waals surface area contributed by atoms with E-state index < -0.39 is 87.9 Å². The van der Waals surface area contributed by atoms with Crippen molar-refractivity contribution in [2.75, 3.05) is 0 Å². The van der Waals surface area contributed by atoms with Crippen LogP contribution in [0.4, 0.5) is 0 Å². The van der Waals surface area contributed by atoms with Crippen LogP contribution in [0, 0.1) is 28.1 Å². The summed E-state index contributed by atoms with van der Waals surface area (Å²) in [5.41, 5.74) is -7.95. The molecule has 6 aliphatic rings. The highest BCUT2D eigenvalue weighted by Crippen LogP contribution is 2.84. The van der Waals surface area contributed by atoms with Gasteiger partial charge in [-0.15, -0.1) is 0 Å². The maximum Gasteiger partial charge on any atom is 0.342 e. The lowest BCUT2D eigenvalue weighted by atomic mass is 9.51. The first kappa shape index (κ1) is 19.0. The lowest BCUT2D eigenvalue weighted by Crippen LogP contribution is -2.66. The Hall–Kier alpha value is -1.75. The monoisotopic (exact) mass is 424 g/mol. The van der Waals surface area contributed by atoms with Crippen molar-refractivity contribution in [2.45, 2.75) is 76.0 Å². The van der Waals surface area contributed by atoms with Crippen LogP contribution in [-0.4, -0.2) is 75.1 Å². The number of esters is 3. The van der Waals surface area contributed by atoms with Crippen LogP contribution in [0.1, 0.15) is 34.1 Å². The van der Waals surface area contributed by atoms with Gasteiger partial charge in [0.25, 0.3) is 0 Å². The molecule has 0 amide bonds. The number of hydrogen-bond donors (Lipinski definition) is 3. The number of aliphatic hydroxyl groups is 3. The van der Waals surface area contributed by atoms with Gasteiger partial charge in [-0.1, -0.05) is 20.8 Å². The van der Waals surface area contributed by atoms with E-state index in [4.69, 9.17) is 18.9 Å². The SMILES string of the molecule is C[C@@H]1C(=O)O[C@H]2CC34[C@H]5OC(=O)[C@@]3(O[C@@H]3OC(=O)C(O)[C@]34C(C(C)(C)C)[C@H]5O)[C@]21O. The van der Waals surface area contributed by atoms with Crippen LogP contribution in [-0.2, 0) is 33.3 Å². The van der Waals surface area contributed by atoms with Crippen LogP contribution >= 0.6 is 0 Å². The Morgan fingerprint density at radius 2 is 1.70 bits per heavy atom. The predicted octanol–water partition coefficient (Wildman–Crippen LogP) is -1.37. The minimum Gasteiger partial charge on any atom is -0.459 e. The second-order valence-electron chi connectivity index (χ2n) is 10.7. The molecule has 0 radical (unpaired) electrons. The fraction of sp³-hybridized carbons (Fsp3) is 0.850. The lowest BCUT2D eigenvalue weighted by Gasteiger charge is -2.46. The molecule has 4 heterocycles. The van der Waals surface area contributed by atoms with Crippen LogP contribution in [0.15, 0.2) is 0 Å². The molecule has 4 aliphatic heterocycles. The second-order valence-corrected chi connectivity index (χ2v) is 10.7. The maximum absolute atomic E-state index is 13.4. The second kappa shape index (κ2) is 4.69. The molecule has 2 saturated carbocycles. The maximum atomic E-state index is 13.4. The van der Waals surface area contributed by atoms with Gasteiger partial charge < -0.3 is 34.3 Å². The molecule has 4 saturated heterocycles. The summed E-state index contributed by atoms with van der Waals surface area (Å²) in [6, 6.07) is 0. The molecule has 10 nitrogen and oxygen atoms in total. The number of ether oxygens (including phenoxy) is 4. The Morgan fingerprint density at radius 1 is 1.03 bits per heavy atom. The van der Waals surface area contributed by atoms with E-state index in [0.717, 1.165) is 0 Å². The number of fused-ring (bicyclic) bond motifs is 1. The van der Waals surface area contributed by atoms with Crippen molar-refractivity contribution in [1.29, 1.82) is 0 Å². The Bertz CT molecular complexity index is 925. The summed E-state index contributed by atoms with van der Waals surface area (Å²) in [6.07, 6.45) is -6.73. The number of carbonyl (C=O) groups excluding carboxylic acids is 3. The first-order chi connectivity index (χ1) is 13.8. The fourth-order valence-corrected chi connectivity index (χ4v) is 8.22. The summed E-state index contributed by atoms with van der Waals surface area (Å²) in [5, 5.41) is 34.4. The zero-order valence-electron chi connectivity index (χ0n) is 16.9. The Kier molecular flexibility index (Phi) is 2.97. The fourth-order valence-electron chi connectivity index (χ4n) is 8.22. The molecule has 10 heteroatoms. The Morgan fingerprint density at radius 3 is 2.33 bits per heavy atom. The highest BCUT2D eigenvalue weighted by Gasteiger charge is 3.02. The first-order valence-corrected chi connectivity index (χ1v) is 10.2. The van der Waals surface area contributed by atoms with E-state index in [-0.39, 0.29) is 6.42 Å². The minimum atomic E-state index is -2.12. The van der Waals surface area contributed by atoms with Gasteiger partial charge in [0.05, 0.1) is 22.9 Å². The normalized spacial score (nSPS) is 60.1. The highest BCUT2D eigenvalue weighted by molar-refractivity contribution is 5.93. The van der Waals surface area contributed by atoms with E-state index >= 15 is 0 Å². The van der Waals surface area contributed by atoms with Gasteiger partial charge in [-0.05, 0) is 12.3 Å². The summed E-state index contributed by atoms with van der Waals surface area (Å²) in [6.45, 7) is 6.97. The van der Waals surface area contributed by atoms with Gasteiger partial charge in [0, 0.05) is 12.3 Å². The number of aliphatic hydroxyl groups excluding tert-OH is 2. The molecule has 0 aromatic carbocycles. The Labute approximate surface area is 171 Å². The Balaban J connectivity index is 1.71. The van der Waals surface area contributed by atoms with Crippen molar-refractivity contribution in [3.63, 3.8) is 0 Å². The van der Waals surface area contributed by atoms with Crippen LogP contribution in [0.5, 0.6) is 0 Å². The van der Waals surface area contributed by atoms with Gasteiger partial charge in [-0.25, -0.2) is 9.59 Å². The standard InChI is InChI=1S/C20H24O10/c1-6-12(23)27-7-5-17-11-8(21)9(16(2,3)4)18(17)10(22)13(24)29-15(18)30-20(17,14(25)28-11)19(6,7)26/h6-11,15,21-22,26H,5H2,1-4H3/t6-,7+,8-,9?,10?,11+,15+,17?,18-,19-,20+/m1/s1. The molecule has 6 fully saturated rings. The zero-order chi connectivity index (χ0) is 21.8. The van der Waals surface area contributed by atoms with Crippen molar-refractivity contribution < 1.29 is 48.7 Å². The smallest absolute Gasteiger partial charge is 0.342 e. The van der Waals surface area contributed by atoms with E-state index in [1.165, 1.54) is 6.92 Å². The largest absolute Gasteiger partial charge is 0.459 e. The summed E-state index contributed by atoms with van der Waals surface area (Å²) >= 11 is 0. The molecule has 3 N–H and O–H groups in total. The van der Waals surface area contributed by atoms with Crippen molar-refractivity contribution >= 4 is 17.9 Å². The van der Waals surface area contributed by atoms with E-state index in [1.807, 2.05) is 20.8 Å². The van der Waals surface area contributed by atoms with Gasteiger partial charge in [0.15, 0.2) is 11.7 Å². The van der Waals surface area contributed by atoms with E-state index in [0.29, 0.717) is 0 Å². The number of hydrogen-bond acceptors (Lipinski definition) is 10. The first-order valence-electron chi connectivity index (χ1n) is 10.2. The molecule has 0 aromatic heterocycles. The number of rotatable bonds is 0. The molecular weight excluding hydrogens is 400 g/mol. The molecule has 6 rings (SSSR count). The van der Waals surface area contributed by atoms with Crippen molar-refractivity contribution in [3.05, 3.63) is 0 Å². The number of carbonyl (C=O) groups is 3. The van der Waals surface area contributed by atoms with Crippen molar-refractivity contribution in [2.24, 2.45) is 28.1 Å². The zero-order valence-corrected chi connectivity index (χ0v) is 16.9. The average molecular weight is 424 g/mol. The minimum absolute atomic E-state index is 0.107. The third kappa shape index (κ3) is 1.35. The van der Waals surface area contributed by atoms with E-state index in [2.05, 4.69) is 0 Å². The van der Waals surface area contributed by atoms with E-state index in [9.17, 15) is 29.7 Å². The molecule has 11 atom stereocenters. The van der Waals surface area contributed by atoms with Crippen LogP contribution < -0.4 is 0 Å². The lowest BCUT2D eigenvalue weighted by molar-refractivity contribution is -0.239. The van der Waals surface area contributed by atoms with Gasteiger partial charge in [0.2, 0.25) is 11.9 Å². The van der Waals surface area contributed by atoms with Gasteiger partial charge in [-0.2, -0.15) is 0 Å². The molecule has 3 unspecified atom stereocenters. The van der Waals surface area contributed by atoms with E-state index in [1.54, 1.807) is 0 Å². The van der Waals surface area contributed by atoms with Crippen LogP contribution in [0.3, 0.4) is 0 Å². The summed E-state index contributed by atoms with van der Waals surface area (Å²) in [5.74, 6) is -4.43. The molecular formula is C20H24O10. The van der Waals surface area contributed by atoms with Gasteiger partial charge >= 0.3 is 17.9 Å². The summed E-state index contributed by atoms with van der Waals surface area (Å²) < 4.78 is 22.6. The third-order valence-corrected chi connectivity index (χ3v) is 8.91. The average Bonchev–Trinajstić information content (AvgIpc) is 3.32. The summed E-state index contributed by atoms with van der Waals surface area (Å²) in [4.78, 5) is 38.2. The quantitative estimate of drug-likeness (QED) is 0.314. The highest BCUT2D eigenvalue weighted by atomic mass is 16.8. The molecule has 164 valence electrons. The topological polar surface area (TPSA) is 149 Å². The molecule has 30 heavy (non-hydrogen) atoms. The molecule has 2 aliphatic carbocycles. The van der Waals surface area contributed by atoms with Crippen molar-refractivity contribution in [1.82, 2.24) is 0 Å². The van der Waals surface area contributed by atoms with Crippen molar-refractivity contribution in [3.8, 4) is 0 Å². The predicted molar refractivity (Wildman–Crippen MR) is 92.0 cm³/mol. The third-order valence-electron chi connectivity index (χ3n) is 8.91. The van der Waals surface area contributed by atoms with Crippen LogP contribution in [0.25, 0.3) is 0 Å². The molecule has 2 spiro atoms. The molecule has 0 aromatic rings. The van der Waals surface area contributed by atoms with Gasteiger partial charge in [0.1, 0.15) is 12.2 Å². The van der Waals surface area contributed by atoms with Gasteiger partial charge in [-0.3, -0.25) is 4.79 Å². The van der Waals surface area contributed by atoms with Crippen LogP contribution in [0.2, 0.25) is 0 Å².